The van der Waals surface area contributed by atoms with E-state index in [0.29, 0.717) is 23.1 Å². The maximum Gasteiger partial charge on any atom is 0.416 e. The highest BCUT2D eigenvalue weighted by Gasteiger charge is 2.34. The van der Waals surface area contributed by atoms with Gasteiger partial charge in [0.25, 0.3) is 0 Å². The van der Waals surface area contributed by atoms with Gasteiger partial charge in [0.05, 0.1) is 46.9 Å². The third-order valence-electron chi connectivity index (χ3n) is 6.30. The number of aryl methyl sites for hydroxylation is 1. The number of aromatic hydroxyl groups is 1. The fraction of sp³-hybridized carbons (Fsp3) is 0.435. The van der Waals surface area contributed by atoms with Gasteiger partial charge in [0.1, 0.15) is 5.75 Å². The lowest BCUT2D eigenvalue weighted by molar-refractivity contribution is -0.137. The molecule has 0 saturated carbocycles. The topological polar surface area (TPSA) is 83.4 Å². The number of nitrogens with zero attached hydrogens (tertiary/aromatic N) is 4. The molecule has 7 nitrogen and oxygen atoms in total. The third-order valence-corrected chi connectivity index (χ3v) is 6.30. The molecule has 0 radical (unpaired) electrons. The summed E-state index contributed by atoms with van der Waals surface area (Å²) >= 11 is 0. The largest absolute Gasteiger partial charge is 0.508 e. The van der Waals surface area contributed by atoms with Gasteiger partial charge in [0.15, 0.2) is 5.82 Å². The number of rotatable bonds is 4. The lowest BCUT2D eigenvalue weighted by atomic mass is 10.0. The lowest BCUT2D eigenvalue weighted by Gasteiger charge is -2.33. The Morgan fingerprint density at radius 1 is 1.12 bits per heavy atom. The number of phenols is 1. The number of alkyl halides is 3. The molecule has 3 aromatic rings. The molecule has 0 aliphatic carbocycles. The number of hydrogen-bond acceptors (Lipinski definition) is 7. The Morgan fingerprint density at radius 3 is 2.55 bits per heavy atom. The highest BCUT2D eigenvalue weighted by atomic mass is 19.4. The number of morpholine rings is 1. The quantitative estimate of drug-likeness (QED) is 0.590. The van der Waals surface area contributed by atoms with Crippen LogP contribution in [0.5, 0.6) is 5.75 Å². The molecular formula is C23H24F3N5O2. The third kappa shape index (κ3) is 4.27. The second kappa shape index (κ2) is 8.02. The van der Waals surface area contributed by atoms with Crippen molar-refractivity contribution in [3.8, 4) is 5.75 Å². The first-order valence-electron chi connectivity index (χ1n) is 10.9. The van der Waals surface area contributed by atoms with Crippen molar-refractivity contribution in [2.75, 3.05) is 23.3 Å². The van der Waals surface area contributed by atoms with E-state index in [9.17, 15) is 18.3 Å². The Balaban J connectivity index is 1.48. The second-order valence-electron chi connectivity index (χ2n) is 8.76. The van der Waals surface area contributed by atoms with Crippen LogP contribution in [0, 0.1) is 6.92 Å². The summed E-state index contributed by atoms with van der Waals surface area (Å²) in [5.41, 5.74) is 1.66. The number of anilines is 2. The maximum atomic E-state index is 13.2. The molecule has 1 aromatic carbocycles. The summed E-state index contributed by atoms with van der Waals surface area (Å²) in [6.45, 7) is 5.11. The molecule has 3 atom stereocenters. The normalized spacial score (nSPS) is 21.4. The van der Waals surface area contributed by atoms with Crippen LogP contribution >= 0.6 is 0 Å². The zero-order valence-electron chi connectivity index (χ0n) is 18.2. The van der Waals surface area contributed by atoms with Crippen LogP contribution in [-0.2, 0) is 10.9 Å². The molecule has 10 heteroatoms. The van der Waals surface area contributed by atoms with Crippen molar-refractivity contribution in [2.45, 2.75) is 51.1 Å². The Hall–Kier alpha value is -3.14. The summed E-state index contributed by atoms with van der Waals surface area (Å²) in [6.07, 6.45) is -0.173. The maximum absolute atomic E-state index is 13.2. The fourth-order valence-electron chi connectivity index (χ4n) is 4.59. The van der Waals surface area contributed by atoms with Gasteiger partial charge in [-0.05, 0) is 56.5 Å². The summed E-state index contributed by atoms with van der Waals surface area (Å²) < 4.78 is 45.5. The van der Waals surface area contributed by atoms with Gasteiger partial charge in [0.2, 0.25) is 0 Å². The average Bonchev–Trinajstić information content (AvgIpc) is 3.11. The van der Waals surface area contributed by atoms with Crippen LogP contribution in [0.15, 0.2) is 30.5 Å². The Morgan fingerprint density at radius 2 is 1.85 bits per heavy atom. The molecule has 2 N–H and O–H groups in total. The molecule has 2 unspecified atom stereocenters. The van der Waals surface area contributed by atoms with Crippen LogP contribution in [0.3, 0.4) is 0 Å². The molecule has 0 spiro atoms. The van der Waals surface area contributed by atoms with E-state index in [1.165, 1.54) is 6.07 Å². The van der Waals surface area contributed by atoms with E-state index in [0.717, 1.165) is 43.1 Å². The van der Waals surface area contributed by atoms with Crippen molar-refractivity contribution >= 4 is 22.4 Å². The first-order chi connectivity index (χ1) is 15.7. The van der Waals surface area contributed by atoms with Crippen LogP contribution < -0.4 is 10.2 Å². The summed E-state index contributed by atoms with van der Waals surface area (Å²) in [4.78, 5) is 6.87. The number of fused-ring (bicyclic) bond motifs is 3. The highest BCUT2D eigenvalue weighted by Crippen LogP contribution is 2.36. The lowest BCUT2D eigenvalue weighted by Crippen LogP contribution is -2.42. The number of benzene rings is 1. The van der Waals surface area contributed by atoms with Gasteiger partial charge in [-0.25, -0.2) is 0 Å². The summed E-state index contributed by atoms with van der Waals surface area (Å²) in [5.74, 6) is -0.0233. The fourth-order valence-corrected chi connectivity index (χ4v) is 4.59. The van der Waals surface area contributed by atoms with Gasteiger partial charge in [-0.1, -0.05) is 0 Å². The van der Waals surface area contributed by atoms with Crippen LogP contribution in [0.2, 0.25) is 0 Å². The summed E-state index contributed by atoms with van der Waals surface area (Å²) in [7, 11) is 0. The smallest absolute Gasteiger partial charge is 0.416 e. The van der Waals surface area contributed by atoms with E-state index < -0.39 is 23.5 Å². The van der Waals surface area contributed by atoms with Crippen molar-refractivity contribution in [1.29, 1.82) is 0 Å². The van der Waals surface area contributed by atoms with E-state index >= 15 is 0 Å². The summed E-state index contributed by atoms with van der Waals surface area (Å²) in [6, 6.07) is 4.47. The first-order valence-corrected chi connectivity index (χ1v) is 10.9. The van der Waals surface area contributed by atoms with E-state index in [-0.39, 0.29) is 17.8 Å². The predicted molar refractivity (Wildman–Crippen MR) is 117 cm³/mol. The monoisotopic (exact) mass is 459 g/mol. The van der Waals surface area contributed by atoms with E-state index in [2.05, 4.69) is 25.4 Å². The molecule has 2 fully saturated rings. The Labute approximate surface area is 188 Å². The number of halogens is 3. The Bertz CT molecular complexity index is 1190. The van der Waals surface area contributed by atoms with Gasteiger partial charge >= 0.3 is 6.18 Å². The standard InChI is InChI=1S/C23H24F3N5O2/c1-12(14-5-15(23(24,25)26)7-17(32)6-14)28-22-20-8-16(9-27-21(20)13(2)29-30-22)31-10-18-3-4-19(11-31)33-18/h5-9,12,18-19,32H,3-4,10-11H2,1-2H3,(H,28,30)/t12-,18?,19?/m1/s1. The zero-order chi connectivity index (χ0) is 23.3. The minimum atomic E-state index is -4.56. The number of nitrogens with one attached hydrogen (secondary N) is 1. The SMILES string of the molecule is Cc1nnc(N[C@H](C)c2cc(O)cc(C(F)(F)F)c2)c2cc(N3CC4CCC(C3)O4)cnc12. The molecule has 4 heterocycles. The average molecular weight is 459 g/mol. The van der Waals surface area contributed by atoms with Gasteiger partial charge in [-0.15, -0.1) is 5.10 Å². The molecule has 33 heavy (non-hydrogen) atoms. The van der Waals surface area contributed by atoms with Crippen molar-refractivity contribution in [2.24, 2.45) is 0 Å². The van der Waals surface area contributed by atoms with Crippen LogP contribution in [-0.4, -0.2) is 45.6 Å². The van der Waals surface area contributed by atoms with Gasteiger partial charge in [0, 0.05) is 18.5 Å². The highest BCUT2D eigenvalue weighted by molar-refractivity contribution is 5.92. The molecule has 2 aromatic heterocycles. The van der Waals surface area contributed by atoms with Gasteiger partial charge in [-0.3, -0.25) is 4.98 Å². The van der Waals surface area contributed by atoms with E-state index in [1.54, 1.807) is 6.92 Å². The minimum Gasteiger partial charge on any atom is -0.508 e. The zero-order valence-corrected chi connectivity index (χ0v) is 18.2. The first kappa shape index (κ1) is 21.7. The van der Waals surface area contributed by atoms with Gasteiger partial charge < -0.3 is 20.1 Å². The molecule has 5 rings (SSSR count). The van der Waals surface area contributed by atoms with Crippen molar-refractivity contribution in [3.63, 3.8) is 0 Å². The van der Waals surface area contributed by atoms with E-state index in [4.69, 9.17) is 4.74 Å². The van der Waals surface area contributed by atoms with Crippen molar-refractivity contribution < 1.29 is 23.0 Å². The van der Waals surface area contributed by atoms with Crippen LogP contribution in [0.1, 0.15) is 42.6 Å². The van der Waals surface area contributed by atoms with Gasteiger partial charge in [-0.2, -0.15) is 18.3 Å². The molecular weight excluding hydrogens is 435 g/mol. The molecule has 174 valence electrons. The molecule has 2 aliphatic heterocycles. The number of ether oxygens (including phenoxy) is 1. The minimum absolute atomic E-state index is 0.225. The second-order valence-corrected chi connectivity index (χ2v) is 8.76. The van der Waals surface area contributed by atoms with Crippen molar-refractivity contribution in [1.82, 2.24) is 15.2 Å². The number of pyridine rings is 1. The molecule has 0 amide bonds. The van der Waals surface area contributed by atoms with Crippen LogP contribution in [0.25, 0.3) is 10.9 Å². The number of phenolic OH excluding ortho intramolecular Hbond substituents is 1. The summed E-state index contributed by atoms with van der Waals surface area (Å²) in [5, 5.41) is 22.2. The molecule has 2 bridgehead atoms. The number of aromatic nitrogens is 3. The van der Waals surface area contributed by atoms with Crippen LogP contribution in [0.4, 0.5) is 24.7 Å². The van der Waals surface area contributed by atoms with Crippen molar-refractivity contribution in [3.05, 3.63) is 47.3 Å². The molecule has 2 aliphatic rings. The number of hydrogen-bond donors (Lipinski definition) is 2. The molecule has 2 saturated heterocycles. The Kier molecular flexibility index (Phi) is 5.27. The predicted octanol–water partition coefficient (Wildman–Crippen LogP) is 4.60. The van der Waals surface area contributed by atoms with E-state index in [1.807, 2.05) is 19.2 Å².